The molecule has 1 aromatic carbocycles. The number of nitro benzene ring substituents is 1. The molecule has 0 spiro atoms. The molecule has 0 amide bonds. The standard InChI is InChI=1S/C15H20N2O4/c1-15(2)8-4-3-5-13(15)16-11-7-6-10(14(18)19)9-12(11)17(20)21/h6-7,9,13,16H,3-5,8H2,1-2H3,(H,18,19). The van der Waals surface area contributed by atoms with Crippen molar-refractivity contribution in [3.05, 3.63) is 33.9 Å². The lowest BCUT2D eigenvalue weighted by Crippen LogP contribution is -2.39. The van der Waals surface area contributed by atoms with Gasteiger partial charge >= 0.3 is 5.97 Å². The molecule has 21 heavy (non-hydrogen) atoms. The highest BCUT2D eigenvalue weighted by Crippen LogP contribution is 2.38. The van der Waals surface area contributed by atoms with Gasteiger partial charge in [-0.1, -0.05) is 26.7 Å². The van der Waals surface area contributed by atoms with Crippen LogP contribution in [0.2, 0.25) is 0 Å². The van der Waals surface area contributed by atoms with E-state index >= 15 is 0 Å². The molecule has 1 saturated carbocycles. The summed E-state index contributed by atoms with van der Waals surface area (Å²) in [5.41, 5.74) is 0.203. The van der Waals surface area contributed by atoms with Gasteiger partial charge in [-0.25, -0.2) is 4.79 Å². The van der Waals surface area contributed by atoms with Gasteiger partial charge < -0.3 is 10.4 Å². The van der Waals surface area contributed by atoms with Crippen molar-refractivity contribution in [1.82, 2.24) is 0 Å². The number of nitrogens with zero attached hydrogens (tertiary/aromatic N) is 1. The topological polar surface area (TPSA) is 92.5 Å². The zero-order valence-electron chi connectivity index (χ0n) is 12.3. The minimum absolute atomic E-state index is 0.0671. The van der Waals surface area contributed by atoms with Gasteiger partial charge in [0.25, 0.3) is 5.69 Å². The predicted molar refractivity (Wildman–Crippen MR) is 79.7 cm³/mol. The number of nitrogens with one attached hydrogen (secondary N) is 1. The molecule has 114 valence electrons. The number of hydrogen-bond acceptors (Lipinski definition) is 4. The van der Waals surface area contributed by atoms with Crippen LogP contribution in [0.4, 0.5) is 11.4 Å². The molecule has 2 N–H and O–H groups in total. The van der Waals surface area contributed by atoms with Gasteiger partial charge in [0, 0.05) is 12.1 Å². The predicted octanol–water partition coefficient (Wildman–Crippen LogP) is 3.67. The number of carboxylic acid groups (broad SMARTS) is 1. The Morgan fingerprint density at radius 3 is 2.71 bits per heavy atom. The third-order valence-electron chi connectivity index (χ3n) is 4.28. The van der Waals surface area contributed by atoms with Gasteiger partial charge in [0.15, 0.2) is 0 Å². The quantitative estimate of drug-likeness (QED) is 0.652. The maximum atomic E-state index is 11.2. The summed E-state index contributed by atoms with van der Waals surface area (Å²) in [6.45, 7) is 4.31. The molecule has 1 aromatic rings. The van der Waals surface area contributed by atoms with E-state index in [1.54, 1.807) is 0 Å². The Balaban J connectivity index is 2.31. The first-order valence-electron chi connectivity index (χ1n) is 7.09. The Morgan fingerprint density at radius 1 is 1.43 bits per heavy atom. The van der Waals surface area contributed by atoms with Gasteiger partial charge in [-0.15, -0.1) is 0 Å². The van der Waals surface area contributed by atoms with Crippen molar-refractivity contribution in [1.29, 1.82) is 0 Å². The Kier molecular flexibility index (Phi) is 4.16. The summed E-state index contributed by atoms with van der Waals surface area (Å²) in [6.07, 6.45) is 4.31. The van der Waals surface area contributed by atoms with Crippen molar-refractivity contribution in [2.24, 2.45) is 5.41 Å². The van der Waals surface area contributed by atoms with Gasteiger partial charge in [-0.2, -0.15) is 0 Å². The molecule has 0 aromatic heterocycles. The zero-order chi connectivity index (χ0) is 15.6. The lowest BCUT2D eigenvalue weighted by Gasteiger charge is -2.39. The Bertz CT molecular complexity index is 569. The average molecular weight is 292 g/mol. The first-order valence-corrected chi connectivity index (χ1v) is 7.09. The maximum absolute atomic E-state index is 11.2. The molecule has 0 bridgehead atoms. The van der Waals surface area contributed by atoms with Crippen molar-refractivity contribution in [3.8, 4) is 0 Å². The lowest BCUT2D eigenvalue weighted by atomic mass is 9.73. The van der Waals surface area contributed by atoms with Crippen LogP contribution in [0.3, 0.4) is 0 Å². The molecule has 6 heteroatoms. The Hall–Kier alpha value is -2.11. The minimum Gasteiger partial charge on any atom is -0.478 e. The SMILES string of the molecule is CC1(C)CCCCC1Nc1ccc(C(=O)O)cc1[N+](=O)[O-]. The second-order valence-corrected chi connectivity index (χ2v) is 6.23. The third-order valence-corrected chi connectivity index (χ3v) is 4.28. The van der Waals surface area contributed by atoms with Gasteiger partial charge in [-0.3, -0.25) is 10.1 Å². The number of carboxylic acids is 1. The van der Waals surface area contributed by atoms with Crippen molar-refractivity contribution < 1.29 is 14.8 Å². The maximum Gasteiger partial charge on any atom is 0.335 e. The number of aromatic carboxylic acids is 1. The summed E-state index contributed by atoms with van der Waals surface area (Å²) in [4.78, 5) is 21.6. The summed E-state index contributed by atoms with van der Waals surface area (Å²) >= 11 is 0. The molecule has 0 heterocycles. The van der Waals surface area contributed by atoms with E-state index in [2.05, 4.69) is 19.2 Å². The number of hydrogen-bond donors (Lipinski definition) is 2. The minimum atomic E-state index is -1.16. The van der Waals surface area contributed by atoms with Crippen molar-refractivity contribution in [2.45, 2.75) is 45.6 Å². The van der Waals surface area contributed by atoms with Gasteiger partial charge in [0.2, 0.25) is 0 Å². The van der Waals surface area contributed by atoms with Crippen LogP contribution >= 0.6 is 0 Å². The number of carbonyl (C=O) groups is 1. The zero-order valence-corrected chi connectivity index (χ0v) is 12.3. The van der Waals surface area contributed by atoms with E-state index in [0.29, 0.717) is 5.69 Å². The summed E-state index contributed by atoms with van der Waals surface area (Å²) < 4.78 is 0. The Morgan fingerprint density at radius 2 is 2.14 bits per heavy atom. The molecule has 0 saturated heterocycles. The van der Waals surface area contributed by atoms with Crippen LogP contribution in [0.25, 0.3) is 0 Å². The van der Waals surface area contributed by atoms with Crippen LogP contribution in [-0.4, -0.2) is 22.0 Å². The molecule has 2 rings (SSSR count). The van der Waals surface area contributed by atoms with E-state index in [-0.39, 0.29) is 22.7 Å². The summed E-state index contributed by atoms with van der Waals surface area (Å²) in [5, 5.41) is 23.4. The van der Waals surface area contributed by atoms with Crippen LogP contribution in [0.1, 0.15) is 49.9 Å². The van der Waals surface area contributed by atoms with E-state index in [1.165, 1.54) is 18.6 Å². The molecule has 1 fully saturated rings. The second-order valence-electron chi connectivity index (χ2n) is 6.23. The largest absolute Gasteiger partial charge is 0.478 e. The molecule has 0 aliphatic heterocycles. The van der Waals surface area contributed by atoms with Crippen molar-refractivity contribution in [2.75, 3.05) is 5.32 Å². The first kappa shape index (κ1) is 15.3. The van der Waals surface area contributed by atoms with Crippen molar-refractivity contribution in [3.63, 3.8) is 0 Å². The van der Waals surface area contributed by atoms with E-state index in [9.17, 15) is 14.9 Å². The third kappa shape index (κ3) is 3.32. The summed E-state index contributed by atoms with van der Waals surface area (Å²) in [7, 11) is 0. The monoisotopic (exact) mass is 292 g/mol. The average Bonchev–Trinajstić information content (AvgIpc) is 2.41. The molecule has 1 aliphatic carbocycles. The number of nitro groups is 1. The molecular weight excluding hydrogens is 272 g/mol. The smallest absolute Gasteiger partial charge is 0.335 e. The van der Waals surface area contributed by atoms with Crippen LogP contribution in [0.15, 0.2) is 18.2 Å². The lowest BCUT2D eigenvalue weighted by molar-refractivity contribution is -0.384. The van der Waals surface area contributed by atoms with Crippen LogP contribution in [0, 0.1) is 15.5 Å². The highest BCUT2D eigenvalue weighted by Gasteiger charge is 2.33. The van der Waals surface area contributed by atoms with E-state index < -0.39 is 10.9 Å². The second kappa shape index (κ2) is 5.71. The number of benzene rings is 1. The molecule has 0 radical (unpaired) electrons. The van der Waals surface area contributed by atoms with Crippen molar-refractivity contribution >= 4 is 17.3 Å². The van der Waals surface area contributed by atoms with Crippen LogP contribution in [-0.2, 0) is 0 Å². The van der Waals surface area contributed by atoms with E-state index in [1.807, 2.05) is 0 Å². The normalized spacial score (nSPS) is 20.8. The summed E-state index contributed by atoms with van der Waals surface area (Å²) in [5.74, 6) is -1.16. The highest BCUT2D eigenvalue weighted by molar-refractivity contribution is 5.89. The van der Waals surface area contributed by atoms with Gasteiger partial charge in [-0.05, 0) is 30.4 Å². The van der Waals surface area contributed by atoms with Crippen LogP contribution < -0.4 is 5.32 Å². The van der Waals surface area contributed by atoms with Gasteiger partial charge in [0.05, 0.1) is 10.5 Å². The fourth-order valence-electron chi connectivity index (χ4n) is 2.89. The molecule has 6 nitrogen and oxygen atoms in total. The molecular formula is C15H20N2O4. The molecule has 1 unspecified atom stereocenters. The Labute approximate surface area is 123 Å². The molecule has 1 atom stereocenters. The molecule has 1 aliphatic rings. The number of anilines is 1. The van der Waals surface area contributed by atoms with E-state index in [0.717, 1.165) is 25.3 Å². The van der Waals surface area contributed by atoms with E-state index in [4.69, 9.17) is 5.11 Å². The van der Waals surface area contributed by atoms with Gasteiger partial charge in [0.1, 0.15) is 5.69 Å². The van der Waals surface area contributed by atoms with Crippen LogP contribution in [0.5, 0.6) is 0 Å². The fourth-order valence-corrected chi connectivity index (χ4v) is 2.89. The first-order chi connectivity index (χ1) is 9.81. The number of rotatable bonds is 4. The summed E-state index contributed by atoms with van der Waals surface area (Å²) in [6, 6.07) is 4.15. The fraction of sp³-hybridized carbons (Fsp3) is 0.533. The highest BCUT2D eigenvalue weighted by atomic mass is 16.6.